The summed E-state index contributed by atoms with van der Waals surface area (Å²) >= 11 is 7.38. The number of carbonyl (C=O) groups is 1. The van der Waals surface area contributed by atoms with Gasteiger partial charge in [-0.1, -0.05) is 23.7 Å². The average Bonchev–Trinajstić information content (AvgIpc) is 3.11. The first-order valence-electron chi connectivity index (χ1n) is 7.70. The van der Waals surface area contributed by atoms with Crippen molar-refractivity contribution in [1.29, 1.82) is 0 Å². The van der Waals surface area contributed by atoms with E-state index in [1.54, 1.807) is 0 Å². The fourth-order valence-electron chi connectivity index (χ4n) is 2.45. The molecule has 1 aromatic carbocycles. The van der Waals surface area contributed by atoms with Crippen LogP contribution in [0, 0.1) is 6.92 Å². The number of aromatic nitrogens is 2. The molecule has 3 N–H and O–H groups in total. The third-order valence-corrected chi connectivity index (χ3v) is 5.21. The minimum absolute atomic E-state index is 0. The number of amides is 1. The van der Waals surface area contributed by atoms with Crippen molar-refractivity contribution in [2.24, 2.45) is 5.73 Å². The Morgan fingerprint density at radius 3 is 2.72 bits per heavy atom. The SMILES string of the molecule is Cc1nn(Cc2ccc(Cl)cc2)c2sc(C(=O)N[C@@H](C)CN)cc12.Cl. The second-order valence-electron chi connectivity index (χ2n) is 5.81. The summed E-state index contributed by atoms with van der Waals surface area (Å²) in [7, 11) is 0. The standard InChI is InChI=1S/C17H19ClN4OS.ClH/c1-10(8-19)20-16(23)15-7-14-11(2)21-22(17(14)24-15)9-12-3-5-13(18)6-4-12;/h3-7,10H,8-9,19H2,1-2H3,(H,20,23);1H/t10-;/m0./s1. The average molecular weight is 399 g/mol. The van der Waals surface area contributed by atoms with Crippen molar-refractivity contribution in [2.75, 3.05) is 6.54 Å². The number of nitrogens with two attached hydrogens (primary N) is 1. The van der Waals surface area contributed by atoms with Crippen molar-refractivity contribution >= 4 is 51.5 Å². The second-order valence-corrected chi connectivity index (χ2v) is 7.28. The monoisotopic (exact) mass is 398 g/mol. The maximum absolute atomic E-state index is 12.3. The number of nitrogens with one attached hydrogen (secondary N) is 1. The van der Waals surface area contributed by atoms with Gasteiger partial charge in [0.2, 0.25) is 0 Å². The highest BCUT2D eigenvalue weighted by atomic mass is 35.5. The molecule has 0 aliphatic heterocycles. The summed E-state index contributed by atoms with van der Waals surface area (Å²) in [6.07, 6.45) is 0. The number of thiophene rings is 1. The first kappa shape index (κ1) is 19.7. The van der Waals surface area contributed by atoms with Crippen LogP contribution in [0.25, 0.3) is 10.2 Å². The Labute approximate surface area is 161 Å². The quantitative estimate of drug-likeness (QED) is 0.689. The molecule has 3 rings (SSSR count). The summed E-state index contributed by atoms with van der Waals surface area (Å²) in [6.45, 7) is 4.90. The number of hydrogen-bond donors (Lipinski definition) is 2. The highest BCUT2D eigenvalue weighted by Gasteiger charge is 2.17. The van der Waals surface area contributed by atoms with Crippen molar-refractivity contribution in [1.82, 2.24) is 15.1 Å². The Hall–Kier alpha value is -1.60. The smallest absolute Gasteiger partial charge is 0.261 e. The Balaban J connectivity index is 0.00000225. The molecule has 3 aromatic rings. The number of carbonyl (C=O) groups excluding carboxylic acids is 1. The predicted molar refractivity (Wildman–Crippen MR) is 106 cm³/mol. The summed E-state index contributed by atoms with van der Waals surface area (Å²) in [5.41, 5.74) is 7.59. The highest BCUT2D eigenvalue weighted by molar-refractivity contribution is 7.20. The van der Waals surface area contributed by atoms with Gasteiger partial charge < -0.3 is 11.1 Å². The zero-order valence-electron chi connectivity index (χ0n) is 14.0. The molecule has 5 nitrogen and oxygen atoms in total. The summed E-state index contributed by atoms with van der Waals surface area (Å²) in [4.78, 5) is 14.0. The van der Waals surface area contributed by atoms with Crippen molar-refractivity contribution < 1.29 is 4.79 Å². The zero-order chi connectivity index (χ0) is 17.3. The molecule has 2 heterocycles. The molecule has 0 radical (unpaired) electrons. The Kier molecular flexibility index (Phi) is 6.46. The second kappa shape index (κ2) is 8.19. The van der Waals surface area contributed by atoms with E-state index in [0.29, 0.717) is 23.0 Å². The van der Waals surface area contributed by atoms with Gasteiger partial charge in [-0.25, -0.2) is 0 Å². The molecule has 0 aliphatic carbocycles. The van der Waals surface area contributed by atoms with Crippen LogP contribution < -0.4 is 11.1 Å². The van der Waals surface area contributed by atoms with Crippen LogP contribution in [0.5, 0.6) is 0 Å². The van der Waals surface area contributed by atoms with Crippen molar-refractivity contribution in [3.63, 3.8) is 0 Å². The number of aryl methyl sites for hydroxylation is 1. The topological polar surface area (TPSA) is 72.9 Å². The molecule has 1 atom stereocenters. The van der Waals surface area contributed by atoms with E-state index in [-0.39, 0.29) is 24.4 Å². The van der Waals surface area contributed by atoms with Crippen molar-refractivity contribution in [2.45, 2.75) is 26.4 Å². The van der Waals surface area contributed by atoms with Gasteiger partial charge in [-0.3, -0.25) is 9.48 Å². The molecule has 0 bridgehead atoms. The normalized spacial score (nSPS) is 12.0. The fourth-order valence-corrected chi connectivity index (χ4v) is 3.64. The third-order valence-electron chi connectivity index (χ3n) is 3.81. The number of hydrogen-bond acceptors (Lipinski definition) is 4. The number of halogens is 2. The lowest BCUT2D eigenvalue weighted by atomic mass is 10.2. The first-order chi connectivity index (χ1) is 11.5. The molecule has 1 amide bonds. The molecule has 134 valence electrons. The molecule has 8 heteroatoms. The van der Waals surface area contributed by atoms with E-state index in [9.17, 15) is 4.79 Å². The zero-order valence-corrected chi connectivity index (χ0v) is 16.3. The number of rotatable bonds is 5. The van der Waals surface area contributed by atoms with Gasteiger partial charge in [0.15, 0.2) is 0 Å². The molecule has 0 saturated carbocycles. The molecule has 2 aromatic heterocycles. The minimum Gasteiger partial charge on any atom is -0.348 e. The molecular weight excluding hydrogens is 379 g/mol. The van der Waals surface area contributed by atoms with Crippen LogP contribution >= 0.6 is 35.3 Å². The summed E-state index contributed by atoms with van der Waals surface area (Å²) < 4.78 is 1.93. The predicted octanol–water partition coefficient (Wildman–Crippen LogP) is 3.61. The lowest BCUT2D eigenvalue weighted by Gasteiger charge is -2.09. The molecule has 0 aliphatic rings. The first-order valence-corrected chi connectivity index (χ1v) is 8.89. The van der Waals surface area contributed by atoms with Crippen LogP contribution in [-0.2, 0) is 6.54 Å². The highest BCUT2D eigenvalue weighted by Crippen LogP contribution is 2.29. The lowest BCUT2D eigenvalue weighted by Crippen LogP contribution is -2.37. The van der Waals surface area contributed by atoms with Gasteiger partial charge >= 0.3 is 0 Å². The number of benzene rings is 1. The molecule has 0 saturated heterocycles. The van der Waals surface area contributed by atoms with Crippen molar-refractivity contribution in [3.8, 4) is 0 Å². The van der Waals surface area contributed by atoms with Crippen LogP contribution in [0.2, 0.25) is 5.02 Å². The number of nitrogens with zero attached hydrogens (tertiary/aromatic N) is 2. The third kappa shape index (κ3) is 4.33. The van der Waals surface area contributed by atoms with Crippen LogP contribution in [0.15, 0.2) is 30.3 Å². The minimum atomic E-state index is -0.0911. The van der Waals surface area contributed by atoms with Gasteiger partial charge in [0, 0.05) is 23.0 Å². The largest absolute Gasteiger partial charge is 0.348 e. The lowest BCUT2D eigenvalue weighted by molar-refractivity contribution is 0.0945. The van der Waals surface area contributed by atoms with Gasteiger partial charge in [0.25, 0.3) is 5.91 Å². The fraction of sp³-hybridized carbons (Fsp3) is 0.294. The summed E-state index contributed by atoms with van der Waals surface area (Å²) in [5, 5.41) is 9.21. The Morgan fingerprint density at radius 2 is 2.08 bits per heavy atom. The van der Waals surface area contributed by atoms with Crippen LogP contribution in [0.3, 0.4) is 0 Å². The van der Waals surface area contributed by atoms with E-state index >= 15 is 0 Å². The van der Waals surface area contributed by atoms with E-state index in [0.717, 1.165) is 21.5 Å². The van der Waals surface area contributed by atoms with Gasteiger partial charge in [-0.05, 0) is 37.6 Å². The Morgan fingerprint density at radius 1 is 1.40 bits per heavy atom. The molecule has 25 heavy (non-hydrogen) atoms. The van der Waals surface area contributed by atoms with E-state index in [2.05, 4.69) is 10.4 Å². The van der Waals surface area contributed by atoms with Crippen molar-refractivity contribution in [3.05, 3.63) is 51.5 Å². The summed E-state index contributed by atoms with van der Waals surface area (Å²) in [6, 6.07) is 9.55. The maximum atomic E-state index is 12.3. The van der Waals surface area contributed by atoms with Gasteiger partial charge in [-0.2, -0.15) is 5.10 Å². The van der Waals surface area contributed by atoms with E-state index < -0.39 is 0 Å². The number of fused-ring (bicyclic) bond motifs is 1. The maximum Gasteiger partial charge on any atom is 0.261 e. The molecular formula is C17H20Cl2N4OS. The molecule has 0 fully saturated rings. The van der Waals surface area contributed by atoms with Crippen LogP contribution in [0.4, 0.5) is 0 Å². The molecule has 0 unspecified atom stereocenters. The Bertz CT molecular complexity index is 873. The molecule has 0 spiro atoms. The van der Waals surface area contributed by atoms with Crippen LogP contribution in [-0.4, -0.2) is 28.3 Å². The van der Waals surface area contributed by atoms with E-state index in [1.807, 2.05) is 48.9 Å². The summed E-state index contributed by atoms with van der Waals surface area (Å²) in [5.74, 6) is -0.0911. The van der Waals surface area contributed by atoms with Crippen LogP contribution in [0.1, 0.15) is 27.9 Å². The van der Waals surface area contributed by atoms with Gasteiger partial charge in [0.1, 0.15) is 4.83 Å². The van der Waals surface area contributed by atoms with Gasteiger partial charge in [-0.15, -0.1) is 23.7 Å². The van der Waals surface area contributed by atoms with Gasteiger partial charge in [0.05, 0.1) is 17.1 Å². The van der Waals surface area contributed by atoms with E-state index in [1.165, 1.54) is 11.3 Å². The van der Waals surface area contributed by atoms with E-state index in [4.69, 9.17) is 17.3 Å².